The van der Waals surface area contributed by atoms with E-state index in [1.54, 1.807) is 0 Å². The third-order valence-electron chi connectivity index (χ3n) is 7.06. The fraction of sp³-hybridized carbons (Fsp3) is 0.875. The van der Waals surface area contributed by atoms with Gasteiger partial charge in [0.25, 0.3) is 0 Å². The van der Waals surface area contributed by atoms with E-state index < -0.39 is 30.4 Å². The molecular weight excluding hydrogens is 453 g/mol. The molecule has 6 atom stereocenters. The molecule has 3 rings (SSSR count). The number of nitrogens with one attached hydrogen (secondary N) is 1. The van der Waals surface area contributed by atoms with E-state index in [0.29, 0.717) is 43.8 Å². The summed E-state index contributed by atoms with van der Waals surface area (Å²) in [5.41, 5.74) is 0.755. The number of ether oxygens (including phenoxy) is 1. The van der Waals surface area contributed by atoms with E-state index in [1.165, 1.54) is 30.6 Å². The highest BCUT2D eigenvalue weighted by Gasteiger charge is 2.48. The summed E-state index contributed by atoms with van der Waals surface area (Å²) < 4.78 is 47.0. The Morgan fingerprint density at radius 3 is 2.55 bits per heavy atom. The van der Waals surface area contributed by atoms with Crippen LogP contribution in [0.4, 0.5) is 18.3 Å². The molecule has 9 heteroatoms. The fourth-order valence-electron chi connectivity index (χ4n) is 5.10. The minimum absolute atomic E-state index is 0.0160. The standard InChI is InChI=1S/C24H39F3N2O3S/c1-2-3-4-5-6-7-12-32-22-11-8-16(13-19(22)24(25,26)27)28-23-29-20(15-33-23)18-10-9-17(30)14-21(18)31/h15-19,21-22,30-31H,2-14H2,1H3,(H,28,29). The van der Waals surface area contributed by atoms with E-state index in [4.69, 9.17) is 4.74 Å². The molecule has 0 bridgehead atoms. The highest BCUT2D eigenvalue weighted by Crippen LogP contribution is 2.41. The summed E-state index contributed by atoms with van der Waals surface area (Å²) in [6, 6.07) is -0.303. The quantitative estimate of drug-likeness (QED) is 0.329. The summed E-state index contributed by atoms with van der Waals surface area (Å²) in [4.78, 5) is 4.55. The van der Waals surface area contributed by atoms with E-state index in [9.17, 15) is 23.4 Å². The normalized spacial score (nSPS) is 31.0. The van der Waals surface area contributed by atoms with Gasteiger partial charge in [-0.3, -0.25) is 0 Å². The van der Waals surface area contributed by atoms with Crippen molar-refractivity contribution in [3.05, 3.63) is 11.1 Å². The van der Waals surface area contributed by atoms with Gasteiger partial charge in [0.05, 0.1) is 29.9 Å². The van der Waals surface area contributed by atoms with Crippen molar-refractivity contribution in [1.82, 2.24) is 4.98 Å². The van der Waals surface area contributed by atoms with Gasteiger partial charge < -0.3 is 20.3 Å². The molecule has 0 aliphatic heterocycles. The van der Waals surface area contributed by atoms with Gasteiger partial charge in [0.1, 0.15) is 0 Å². The van der Waals surface area contributed by atoms with Crippen LogP contribution in [-0.4, -0.2) is 52.3 Å². The Morgan fingerprint density at radius 1 is 1.06 bits per heavy atom. The maximum atomic E-state index is 13.8. The van der Waals surface area contributed by atoms with E-state index >= 15 is 0 Å². The Bertz CT molecular complexity index is 703. The van der Waals surface area contributed by atoms with Crippen LogP contribution in [-0.2, 0) is 4.74 Å². The van der Waals surface area contributed by atoms with Crippen LogP contribution in [0.15, 0.2) is 5.38 Å². The molecule has 190 valence electrons. The molecule has 1 heterocycles. The van der Waals surface area contributed by atoms with Gasteiger partial charge in [0.2, 0.25) is 0 Å². The number of halogens is 3. The average molecular weight is 493 g/mol. The zero-order valence-electron chi connectivity index (χ0n) is 19.5. The molecule has 2 aliphatic carbocycles. The van der Waals surface area contributed by atoms with Gasteiger partial charge in [-0.1, -0.05) is 39.0 Å². The Morgan fingerprint density at radius 2 is 1.82 bits per heavy atom. The number of aromatic nitrogens is 1. The van der Waals surface area contributed by atoms with Crippen LogP contribution in [0.1, 0.15) is 95.6 Å². The number of nitrogens with zero attached hydrogens (tertiary/aromatic N) is 1. The number of aliphatic hydroxyl groups excluding tert-OH is 2. The van der Waals surface area contributed by atoms with E-state index in [2.05, 4.69) is 17.2 Å². The van der Waals surface area contributed by atoms with Crippen LogP contribution < -0.4 is 5.32 Å². The lowest BCUT2D eigenvalue weighted by molar-refractivity contribution is -0.216. The second-order valence-corrected chi connectivity index (χ2v) is 10.6. The van der Waals surface area contributed by atoms with Crippen LogP contribution in [0, 0.1) is 5.92 Å². The summed E-state index contributed by atoms with van der Waals surface area (Å²) in [5.74, 6) is -1.60. The summed E-state index contributed by atoms with van der Waals surface area (Å²) in [7, 11) is 0. The largest absolute Gasteiger partial charge is 0.394 e. The number of rotatable bonds is 11. The van der Waals surface area contributed by atoms with Crippen molar-refractivity contribution in [2.45, 2.75) is 120 Å². The highest BCUT2D eigenvalue weighted by atomic mass is 32.1. The maximum absolute atomic E-state index is 13.8. The highest BCUT2D eigenvalue weighted by molar-refractivity contribution is 7.13. The molecule has 2 aliphatic rings. The molecule has 5 nitrogen and oxygen atoms in total. The molecule has 6 unspecified atom stereocenters. The van der Waals surface area contributed by atoms with Gasteiger partial charge >= 0.3 is 6.18 Å². The lowest BCUT2D eigenvalue weighted by Gasteiger charge is -2.37. The van der Waals surface area contributed by atoms with Crippen molar-refractivity contribution in [1.29, 1.82) is 0 Å². The smallest absolute Gasteiger partial charge is 0.393 e. The molecule has 1 aromatic heterocycles. The number of hydrogen-bond acceptors (Lipinski definition) is 6. The topological polar surface area (TPSA) is 74.6 Å². The second-order valence-electron chi connectivity index (χ2n) is 9.70. The van der Waals surface area contributed by atoms with Gasteiger partial charge in [-0.15, -0.1) is 11.3 Å². The Kier molecular flexibility index (Phi) is 10.3. The molecule has 0 amide bonds. The van der Waals surface area contributed by atoms with E-state index in [-0.39, 0.29) is 18.4 Å². The molecule has 0 radical (unpaired) electrons. The van der Waals surface area contributed by atoms with Crippen molar-refractivity contribution in [2.24, 2.45) is 5.92 Å². The van der Waals surface area contributed by atoms with Crippen LogP contribution in [0.2, 0.25) is 0 Å². The first-order valence-corrected chi connectivity index (χ1v) is 13.4. The first-order valence-electron chi connectivity index (χ1n) is 12.5. The number of alkyl halides is 3. The zero-order chi connectivity index (χ0) is 23.8. The Labute approximate surface area is 199 Å². The first kappa shape index (κ1) is 26.7. The fourth-order valence-corrected chi connectivity index (χ4v) is 5.96. The predicted molar refractivity (Wildman–Crippen MR) is 125 cm³/mol. The monoisotopic (exact) mass is 492 g/mol. The molecule has 0 aromatic carbocycles. The molecule has 33 heavy (non-hydrogen) atoms. The molecule has 2 fully saturated rings. The van der Waals surface area contributed by atoms with Crippen molar-refractivity contribution in [3.8, 4) is 0 Å². The summed E-state index contributed by atoms with van der Waals surface area (Å²) in [6.07, 6.45) is 2.92. The Balaban J connectivity index is 1.48. The second kappa shape index (κ2) is 12.7. The van der Waals surface area contributed by atoms with Gasteiger partial charge in [-0.25, -0.2) is 4.98 Å². The number of unbranched alkanes of at least 4 members (excludes halogenated alkanes) is 5. The van der Waals surface area contributed by atoms with E-state index in [1.807, 2.05) is 5.38 Å². The van der Waals surface area contributed by atoms with Gasteiger partial charge in [-0.2, -0.15) is 13.2 Å². The average Bonchev–Trinajstić information content (AvgIpc) is 3.21. The lowest BCUT2D eigenvalue weighted by Crippen LogP contribution is -2.44. The van der Waals surface area contributed by atoms with E-state index in [0.717, 1.165) is 25.0 Å². The summed E-state index contributed by atoms with van der Waals surface area (Å²) >= 11 is 1.37. The minimum Gasteiger partial charge on any atom is -0.393 e. The number of aliphatic hydroxyl groups is 2. The zero-order valence-corrected chi connectivity index (χ0v) is 20.3. The van der Waals surface area contributed by atoms with Crippen LogP contribution in [0.3, 0.4) is 0 Å². The third kappa shape index (κ3) is 8.08. The number of anilines is 1. The van der Waals surface area contributed by atoms with Crippen molar-refractivity contribution in [3.63, 3.8) is 0 Å². The molecule has 3 N–H and O–H groups in total. The van der Waals surface area contributed by atoms with Gasteiger partial charge in [0.15, 0.2) is 5.13 Å². The predicted octanol–water partition coefficient (Wildman–Crippen LogP) is 6.02. The van der Waals surface area contributed by atoms with Crippen LogP contribution in [0.5, 0.6) is 0 Å². The van der Waals surface area contributed by atoms with Gasteiger partial charge in [0, 0.05) is 23.9 Å². The maximum Gasteiger partial charge on any atom is 0.394 e. The molecule has 0 spiro atoms. The lowest BCUT2D eigenvalue weighted by atomic mass is 9.82. The number of thiazole rings is 1. The third-order valence-corrected chi connectivity index (χ3v) is 7.85. The molecule has 2 saturated carbocycles. The first-order chi connectivity index (χ1) is 15.8. The van der Waals surface area contributed by atoms with Crippen molar-refractivity contribution >= 4 is 16.5 Å². The van der Waals surface area contributed by atoms with Crippen LogP contribution in [0.25, 0.3) is 0 Å². The summed E-state index contributed by atoms with van der Waals surface area (Å²) in [5, 5.41) is 25.6. The molecule has 0 saturated heterocycles. The molecule has 1 aromatic rings. The van der Waals surface area contributed by atoms with Gasteiger partial charge in [-0.05, 0) is 44.9 Å². The van der Waals surface area contributed by atoms with Crippen molar-refractivity contribution < 1.29 is 28.1 Å². The Hall–Kier alpha value is -0.900. The number of hydrogen-bond donors (Lipinski definition) is 3. The molecular formula is C24H39F3N2O3S. The van der Waals surface area contributed by atoms with Crippen LogP contribution >= 0.6 is 11.3 Å². The van der Waals surface area contributed by atoms with Crippen molar-refractivity contribution in [2.75, 3.05) is 11.9 Å². The minimum atomic E-state index is -4.28. The summed E-state index contributed by atoms with van der Waals surface area (Å²) in [6.45, 7) is 2.56. The SMILES string of the molecule is CCCCCCCCOC1CCC(Nc2nc(C3CCC(O)CC3O)cs2)CC1C(F)(F)F.